The van der Waals surface area contributed by atoms with Crippen molar-refractivity contribution in [2.45, 2.75) is 57.6 Å². The molecule has 3 aromatic rings. The number of para-hydroxylation sites is 1. The molecule has 1 atom stereocenters. The number of nitrogens with zero attached hydrogens (tertiary/aromatic N) is 2. The molecule has 29 heavy (non-hydrogen) atoms. The number of aromatic nitrogens is 2. The summed E-state index contributed by atoms with van der Waals surface area (Å²) in [5.74, 6) is -0.600. The number of benzene rings is 1. The summed E-state index contributed by atoms with van der Waals surface area (Å²) < 4.78 is 5.54. The molecule has 2 aromatic heterocycles. The van der Waals surface area contributed by atoms with Crippen LogP contribution in [0.1, 0.15) is 44.6 Å². The Kier molecular flexibility index (Phi) is 5.94. The molecule has 152 valence electrons. The largest absolute Gasteiger partial charge is 0.452 e. The van der Waals surface area contributed by atoms with Crippen molar-refractivity contribution in [2.75, 3.05) is 4.90 Å². The monoisotopic (exact) mass is 411 g/mol. The van der Waals surface area contributed by atoms with Gasteiger partial charge in [0.2, 0.25) is 0 Å². The van der Waals surface area contributed by atoms with Crippen LogP contribution in [0.3, 0.4) is 0 Å². The van der Waals surface area contributed by atoms with E-state index in [-0.39, 0.29) is 18.4 Å². The molecule has 1 amide bonds. The van der Waals surface area contributed by atoms with E-state index in [1.165, 1.54) is 17.8 Å². The lowest BCUT2D eigenvalue weighted by molar-refractivity contribution is -0.153. The molecular weight excluding hydrogens is 386 g/mol. The summed E-state index contributed by atoms with van der Waals surface area (Å²) >= 11 is 1.44. The smallest absolute Gasteiger partial charge is 0.311 e. The number of amides is 1. The van der Waals surface area contributed by atoms with Gasteiger partial charge in [-0.05, 0) is 31.4 Å². The number of aromatic amines is 1. The molecule has 7 heteroatoms. The zero-order chi connectivity index (χ0) is 20.2. The number of rotatable bonds is 6. The fraction of sp³-hybridized carbons (Fsp3) is 0.409. The van der Waals surface area contributed by atoms with E-state index in [0.29, 0.717) is 5.13 Å². The van der Waals surface area contributed by atoms with Crippen molar-refractivity contribution in [3.8, 4) is 0 Å². The highest BCUT2D eigenvalue weighted by Crippen LogP contribution is 2.29. The number of H-pyrrole nitrogens is 1. The second kappa shape index (κ2) is 8.78. The summed E-state index contributed by atoms with van der Waals surface area (Å²) in [5.41, 5.74) is 1.85. The molecule has 0 saturated heterocycles. The number of carbonyl (C=O) groups is 2. The molecule has 2 heterocycles. The van der Waals surface area contributed by atoms with Crippen molar-refractivity contribution < 1.29 is 14.3 Å². The highest BCUT2D eigenvalue weighted by Gasteiger charge is 2.33. The highest BCUT2D eigenvalue weighted by atomic mass is 32.1. The second-order valence-electron chi connectivity index (χ2n) is 7.48. The Bertz CT molecular complexity index is 976. The number of ether oxygens (including phenoxy) is 1. The van der Waals surface area contributed by atoms with Crippen molar-refractivity contribution in [3.63, 3.8) is 0 Å². The summed E-state index contributed by atoms with van der Waals surface area (Å²) in [6, 6.07) is 7.94. The van der Waals surface area contributed by atoms with Gasteiger partial charge in [-0.25, -0.2) is 4.98 Å². The molecule has 1 fully saturated rings. The molecule has 1 N–H and O–H groups in total. The van der Waals surface area contributed by atoms with E-state index < -0.39 is 12.1 Å². The summed E-state index contributed by atoms with van der Waals surface area (Å²) in [6.07, 6.45) is 8.14. The molecule has 1 aromatic carbocycles. The topological polar surface area (TPSA) is 75.3 Å². The van der Waals surface area contributed by atoms with Crippen LogP contribution in [-0.4, -0.2) is 34.0 Å². The average molecular weight is 412 g/mol. The maximum Gasteiger partial charge on any atom is 0.311 e. The maximum absolute atomic E-state index is 13.2. The minimum absolute atomic E-state index is 0.122. The van der Waals surface area contributed by atoms with Gasteiger partial charge in [0, 0.05) is 34.7 Å². The van der Waals surface area contributed by atoms with Gasteiger partial charge in [-0.3, -0.25) is 14.5 Å². The standard InChI is InChI=1S/C22H25N3O3S/c1-15(28-20(26)13-16-14-24-19-10-6-5-9-18(16)19)21(27)25(22-23-11-12-29-22)17-7-3-2-4-8-17/h5-6,9-12,14-15,17,24H,2-4,7-8,13H2,1H3. The van der Waals surface area contributed by atoms with E-state index >= 15 is 0 Å². The average Bonchev–Trinajstić information content (AvgIpc) is 3.40. The van der Waals surface area contributed by atoms with Crippen LogP contribution in [0.4, 0.5) is 5.13 Å². The Morgan fingerprint density at radius 3 is 2.83 bits per heavy atom. The van der Waals surface area contributed by atoms with E-state index in [9.17, 15) is 9.59 Å². The van der Waals surface area contributed by atoms with Crippen LogP contribution in [0, 0.1) is 0 Å². The first-order valence-electron chi connectivity index (χ1n) is 10.1. The molecule has 0 aliphatic heterocycles. The fourth-order valence-electron chi connectivity index (χ4n) is 4.02. The van der Waals surface area contributed by atoms with Crippen molar-refractivity contribution >= 4 is 39.2 Å². The van der Waals surface area contributed by atoms with Gasteiger partial charge in [0.05, 0.1) is 6.42 Å². The number of fused-ring (bicyclic) bond motifs is 1. The van der Waals surface area contributed by atoms with Crippen LogP contribution >= 0.6 is 11.3 Å². The SMILES string of the molecule is CC(OC(=O)Cc1c[nH]c2ccccc12)C(=O)N(c1nccs1)C1CCCCC1. The third-order valence-electron chi connectivity index (χ3n) is 5.47. The quantitative estimate of drug-likeness (QED) is 0.608. The van der Waals surface area contributed by atoms with Crippen molar-refractivity contribution in [1.82, 2.24) is 9.97 Å². The van der Waals surface area contributed by atoms with E-state index in [4.69, 9.17) is 4.74 Å². The number of anilines is 1. The first-order chi connectivity index (χ1) is 14.1. The summed E-state index contributed by atoms with van der Waals surface area (Å²) in [5, 5.41) is 3.54. The molecule has 1 aliphatic carbocycles. The molecule has 0 bridgehead atoms. The number of thiazole rings is 1. The molecule has 4 rings (SSSR count). The first kappa shape index (κ1) is 19.6. The van der Waals surface area contributed by atoms with Gasteiger partial charge >= 0.3 is 5.97 Å². The van der Waals surface area contributed by atoms with Crippen LogP contribution in [0.25, 0.3) is 10.9 Å². The van der Waals surface area contributed by atoms with E-state index in [0.717, 1.165) is 42.1 Å². The van der Waals surface area contributed by atoms with Gasteiger partial charge in [-0.15, -0.1) is 11.3 Å². The molecule has 6 nitrogen and oxygen atoms in total. The zero-order valence-electron chi connectivity index (χ0n) is 16.5. The van der Waals surface area contributed by atoms with Crippen LogP contribution in [0.15, 0.2) is 42.0 Å². The lowest BCUT2D eigenvalue weighted by Gasteiger charge is -2.33. The Hall–Kier alpha value is -2.67. The van der Waals surface area contributed by atoms with Crippen LogP contribution in [-0.2, 0) is 20.7 Å². The Morgan fingerprint density at radius 2 is 2.07 bits per heavy atom. The molecule has 1 unspecified atom stereocenters. The number of hydrogen-bond donors (Lipinski definition) is 1. The van der Waals surface area contributed by atoms with Crippen LogP contribution in [0.2, 0.25) is 0 Å². The zero-order valence-corrected chi connectivity index (χ0v) is 17.3. The van der Waals surface area contributed by atoms with Gasteiger partial charge in [0.1, 0.15) is 0 Å². The van der Waals surface area contributed by atoms with Gasteiger partial charge in [-0.2, -0.15) is 0 Å². The predicted molar refractivity (Wildman–Crippen MR) is 114 cm³/mol. The predicted octanol–water partition coefficient (Wildman–Crippen LogP) is 4.46. The Labute approximate surface area is 173 Å². The molecule has 0 spiro atoms. The summed E-state index contributed by atoms with van der Waals surface area (Å²) in [7, 11) is 0. The molecule has 0 radical (unpaired) electrons. The number of carbonyl (C=O) groups excluding carboxylic acids is 2. The number of nitrogens with one attached hydrogen (secondary N) is 1. The van der Waals surface area contributed by atoms with Crippen LogP contribution < -0.4 is 4.90 Å². The molecule has 1 saturated carbocycles. The summed E-state index contributed by atoms with van der Waals surface area (Å²) in [4.78, 5) is 35.0. The van der Waals surface area contributed by atoms with Gasteiger partial charge in [0.15, 0.2) is 11.2 Å². The van der Waals surface area contributed by atoms with Crippen molar-refractivity contribution in [1.29, 1.82) is 0 Å². The lowest BCUT2D eigenvalue weighted by atomic mass is 9.94. The Balaban J connectivity index is 1.45. The minimum atomic E-state index is -0.849. The first-order valence-corrected chi connectivity index (χ1v) is 11.0. The fourth-order valence-corrected chi connectivity index (χ4v) is 4.74. The van der Waals surface area contributed by atoms with Gasteiger partial charge in [-0.1, -0.05) is 37.5 Å². The Morgan fingerprint density at radius 1 is 1.28 bits per heavy atom. The number of hydrogen-bond acceptors (Lipinski definition) is 5. The minimum Gasteiger partial charge on any atom is -0.452 e. The van der Waals surface area contributed by atoms with E-state index in [2.05, 4.69) is 9.97 Å². The van der Waals surface area contributed by atoms with Crippen molar-refractivity contribution in [2.24, 2.45) is 0 Å². The third-order valence-corrected chi connectivity index (χ3v) is 6.24. The third kappa shape index (κ3) is 4.34. The second-order valence-corrected chi connectivity index (χ2v) is 8.36. The van der Waals surface area contributed by atoms with Gasteiger partial charge in [0.25, 0.3) is 5.91 Å². The molecule has 1 aliphatic rings. The lowest BCUT2D eigenvalue weighted by Crippen LogP contribution is -2.47. The summed E-state index contributed by atoms with van der Waals surface area (Å²) in [6.45, 7) is 1.65. The van der Waals surface area contributed by atoms with Gasteiger partial charge < -0.3 is 9.72 Å². The van der Waals surface area contributed by atoms with Crippen molar-refractivity contribution in [3.05, 3.63) is 47.6 Å². The van der Waals surface area contributed by atoms with E-state index in [1.807, 2.05) is 35.8 Å². The molecular formula is C22H25N3O3S. The maximum atomic E-state index is 13.2. The highest BCUT2D eigenvalue weighted by molar-refractivity contribution is 7.13. The number of esters is 1. The normalized spacial score (nSPS) is 15.9. The van der Waals surface area contributed by atoms with E-state index in [1.54, 1.807) is 18.0 Å². The van der Waals surface area contributed by atoms with Crippen LogP contribution in [0.5, 0.6) is 0 Å².